The monoisotopic (exact) mass is 280 g/mol. The van der Waals surface area contributed by atoms with Gasteiger partial charge in [0.2, 0.25) is 0 Å². The van der Waals surface area contributed by atoms with Gasteiger partial charge >= 0.3 is 5.97 Å². The molecule has 4 nitrogen and oxygen atoms in total. The number of phenolic OH excluding ortho intramolecular Hbond substituents is 1. The fourth-order valence-electron chi connectivity index (χ4n) is 1.79. The molecule has 0 radical (unpaired) electrons. The SMILES string of the molecule is CCOC(=O)C(Cc1cccc(O)c1)OCCC(C)C. The van der Waals surface area contributed by atoms with Crippen LogP contribution in [0.25, 0.3) is 0 Å². The van der Waals surface area contributed by atoms with Crippen molar-refractivity contribution < 1.29 is 19.4 Å². The molecule has 0 aromatic heterocycles. The molecule has 0 bridgehead atoms. The summed E-state index contributed by atoms with van der Waals surface area (Å²) in [5, 5.41) is 9.46. The summed E-state index contributed by atoms with van der Waals surface area (Å²) in [5.74, 6) is 0.366. The maximum Gasteiger partial charge on any atom is 0.335 e. The van der Waals surface area contributed by atoms with Crippen LogP contribution in [0, 0.1) is 5.92 Å². The largest absolute Gasteiger partial charge is 0.508 e. The zero-order chi connectivity index (χ0) is 15.0. The minimum atomic E-state index is -0.615. The molecule has 1 unspecified atom stereocenters. The lowest BCUT2D eigenvalue weighted by molar-refractivity contribution is -0.156. The molecule has 0 fully saturated rings. The molecule has 0 heterocycles. The first-order valence-corrected chi connectivity index (χ1v) is 7.09. The van der Waals surface area contributed by atoms with Crippen molar-refractivity contribution in [2.75, 3.05) is 13.2 Å². The van der Waals surface area contributed by atoms with E-state index in [1.165, 1.54) is 0 Å². The van der Waals surface area contributed by atoms with Gasteiger partial charge in [-0.05, 0) is 37.0 Å². The summed E-state index contributed by atoms with van der Waals surface area (Å²) in [6, 6.07) is 6.85. The van der Waals surface area contributed by atoms with E-state index in [1.54, 1.807) is 25.1 Å². The standard InChI is InChI=1S/C16H24O4/c1-4-19-16(18)15(20-9-8-12(2)3)11-13-6-5-7-14(17)10-13/h5-7,10,12,15,17H,4,8-9,11H2,1-3H3. The Bertz CT molecular complexity index is 415. The van der Waals surface area contributed by atoms with Crippen LogP contribution in [-0.4, -0.2) is 30.4 Å². The number of ether oxygens (including phenoxy) is 2. The van der Waals surface area contributed by atoms with E-state index in [9.17, 15) is 9.90 Å². The Morgan fingerprint density at radius 2 is 2.10 bits per heavy atom. The van der Waals surface area contributed by atoms with Crippen LogP contribution < -0.4 is 0 Å². The molecule has 0 spiro atoms. The van der Waals surface area contributed by atoms with E-state index in [2.05, 4.69) is 13.8 Å². The lowest BCUT2D eigenvalue weighted by Crippen LogP contribution is -2.29. The van der Waals surface area contributed by atoms with Crippen molar-refractivity contribution in [1.82, 2.24) is 0 Å². The third-order valence-corrected chi connectivity index (χ3v) is 2.90. The molecule has 0 amide bonds. The molecule has 1 aromatic carbocycles. The Hall–Kier alpha value is -1.55. The fraction of sp³-hybridized carbons (Fsp3) is 0.562. The molecule has 0 aliphatic heterocycles. The number of carbonyl (C=O) groups excluding carboxylic acids is 1. The highest BCUT2D eigenvalue weighted by Crippen LogP contribution is 2.15. The van der Waals surface area contributed by atoms with Crippen molar-refractivity contribution in [3.63, 3.8) is 0 Å². The summed E-state index contributed by atoms with van der Waals surface area (Å²) in [6.45, 7) is 6.86. The van der Waals surface area contributed by atoms with Crippen molar-refractivity contribution in [2.24, 2.45) is 5.92 Å². The molecule has 1 rings (SSSR count). The normalized spacial score (nSPS) is 12.4. The highest BCUT2D eigenvalue weighted by molar-refractivity contribution is 5.75. The van der Waals surface area contributed by atoms with Gasteiger partial charge in [0.05, 0.1) is 6.61 Å². The summed E-state index contributed by atoms with van der Waals surface area (Å²) in [7, 11) is 0. The second kappa shape index (κ2) is 8.59. The van der Waals surface area contributed by atoms with Gasteiger partial charge in [0.15, 0.2) is 6.10 Å². The minimum absolute atomic E-state index is 0.187. The van der Waals surface area contributed by atoms with Crippen molar-refractivity contribution in [3.8, 4) is 5.75 Å². The van der Waals surface area contributed by atoms with Gasteiger partial charge in [-0.1, -0.05) is 26.0 Å². The molecule has 112 valence electrons. The van der Waals surface area contributed by atoms with E-state index in [-0.39, 0.29) is 11.7 Å². The summed E-state index contributed by atoms with van der Waals surface area (Å²) in [4.78, 5) is 11.9. The molecule has 0 saturated carbocycles. The second-order valence-corrected chi connectivity index (χ2v) is 5.17. The molecule has 1 N–H and O–H groups in total. The maximum atomic E-state index is 11.9. The summed E-state index contributed by atoms with van der Waals surface area (Å²) >= 11 is 0. The molecule has 0 saturated heterocycles. The van der Waals surface area contributed by atoms with Crippen molar-refractivity contribution in [1.29, 1.82) is 0 Å². The van der Waals surface area contributed by atoms with Gasteiger partial charge in [0.1, 0.15) is 5.75 Å². The van der Waals surface area contributed by atoms with Gasteiger partial charge in [-0.25, -0.2) is 4.79 Å². The lowest BCUT2D eigenvalue weighted by Gasteiger charge is -2.17. The van der Waals surface area contributed by atoms with Crippen molar-refractivity contribution in [2.45, 2.75) is 39.7 Å². The van der Waals surface area contributed by atoms with Gasteiger partial charge in [-0.2, -0.15) is 0 Å². The predicted octanol–water partition coefficient (Wildman–Crippen LogP) is 2.93. The number of rotatable bonds is 8. The number of carbonyl (C=O) groups is 1. The molecule has 1 aromatic rings. The summed E-state index contributed by atoms with van der Waals surface area (Å²) < 4.78 is 10.7. The first-order valence-electron chi connectivity index (χ1n) is 7.09. The van der Waals surface area contributed by atoms with Crippen LogP contribution in [0.15, 0.2) is 24.3 Å². The topological polar surface area (TPSA) is 55.8 Å². The third kappa shape index (κ3) is 6.06. The first kappa shape index (κ1) is 16.5. The predicted molar refractivity (Wildman–Crippen MR) is 77.6 cm³/mol. The molecule has 0 aliphatic rings. The second-order valence-electron chi connectivity index (χ2n) is 5.17. The Balaban J connectivity index is 2.64. The first-order chi connectivity index (χ1) is 9.52. The Morgan fingerprint density at radius 1 is 1.35 bits per heavy atom. The van der Waals surface area contributed by atoms with Crippen LogP contribution in [0.1, 0.15) is 32.8 Å². The van der Waals surface area contributed by atoms with Crippen LogP contribution >= 0.6 is 0 Å². The van der Waals surface area contributed by atoms with Gasteiger partial charge in [-0.3, -0.25) is 0 Å². The Kier molecular flexibility index (Phi) is 7.09. The van der Waals surface area contributed by atoms with Crippen molar-refractivity contribution in [3.05, 3.63) is 29.8 Å². The molecular formula is C16H24O4. The average molecular weight is 280 g/mol. The van der Waals surface area contributed by atoms with Gasteiger partial charge in [0.25, 0.3) is 0 Å². The maximum absolute atomic E-state index is 11.9. The van der Waals surface area contributed by atoms with E-state index in [4.69, 9.17) is 9.47 Å². The van der Waals surface area contributed by atoms with E-state index in [0.29, 0.717) is 25.6 Å². The molecule has 4 heteroatoms. The smallest absolute Gasteiger partial charge is 0.335 e. The zero-order valence-corrected chi connectivity index (χ0v) is 12.5. The number of benzene rings is 1. The van der Waals surface area contributed by atoms with E-state index < -0.39 is 6.10 Å². The molecule has 20 heavy (non-hydrogen) atoms. The molecule has 0 aliphatic carbocycles. The average Bonchev–Trinajstić information content (AvgIpc) is 2.37. The van der Waals surface area contributed by atoms with E-state index in [0.717, 1.165) is 12.0 Å². The van der Waals surface area contributed by atoms with Crippen LogP contribution in [0.3, 0.4) is 0 Å². The lowest BCUT2D eigenvalue weighted by atomic mass is 10.1. The molecular weight excluding hydrogens is 256 g/mol. The minimum Gasteiger partial charge on any atom is -0.508 e. The van der Waals surface area contributed by atoms with Gasteiger partial charge in [-0.15, -0.1) is 0 Å². The van der Waals surface area contributed by atoms with E-state index >= 15 is 0 Å². The highest BCUT2D eigenvalue weighted by atomic mass is 16.6. The quantitative estimate of drug-likeness (QED) is 0.744. The van der Waals surface area contributed by atoms with E-state index in [1.807, 2.05) is 6.07 Å². The highest BCUT2D eigenvalue weighted by Gasteiger charge is 2.21. The fourth-order valence-corrected chi connectivity index (χ4v) is 1.79. The van der Waals surface area contributed by atoms with Crippen LogP contribution in [0.2, 0.25) is 0 Å². The van der Waals surface area contributed by atoms with Crippen molar-refractivity contribution >= 4 is 5.97 Å². The zero-order valence-electron chi connectivity index (χ0n) is 12.5. The Morgan fingerprint density at radius 3 is 2.70 bits per heavy atom. The number of esters is 1. The number of aromatic hydroxyl groups is 1. The van der Waals surface area contributed by atoms with Crippen LogP contribution in [-0.2, 0) is 20.7 Å². The third-order valence-electron chi connectivity index (χ3n) is 2.90. The van der Waals surface area contributed by atoms with Crippen LogP contribution in [0.4, 0.5) is 0 Å². The van der Waals surface area contributed by atoms with Gasteiger partial charge in [0, 0.05) is 13.0 Å². The number of hydrogen-bond donors (Lipinski definition) is 1. The summed E-state index contributed by atoms with van der Waals surface area (Å²) in [6.07, 6.45) is 0.692. The number of phenols is 1. The Labute approximate surface area is 120 Å². The van der Waals surface area contributed by atoms with Gasteiger partial charge < -0.3 is 14.6 Å². The van der Waals surface area contributed by atoms with Crippen LogP contribution in [0.5, 0.6) is 5.75 Å². The summed E-state index contributed by atoms with van der Waals surface area (Å²) in [5.41, 5.74) is 0.854. The molecule has 1 atom stereocenters. The number of hydrogen-bond acceptors (Lipinski definition) is 4.